The molecule has 3 aromatic rings. The molecule has 9 heteroatoms. The second-order valence-corrected chi connectivity index (χ2v) is 7.81. The van der Waals surface area contributed by atoms with Crippen LogP contribution in [0.3, 0.4) is 0 Å². The fourth-order valence-corrected chi connectivity index (χ4v) is 4.46. The summed E-state index contributed by atoms with van der Waals surface area (Å²) >= 11 is 1.23. The second-order valence-electron chi connectivity index (χ2n) is 6.80. The number of aromatic nitrogens is 3. The maximum atomic E-state index is 13.5. The monoisotopic (exact) mass is 426 g/mol. The van der Waals surface area contributed by atoms with Crippen molar-refractivity contribution in [3.05, 3.63) is 84.6 Å². The minimum Gasteiger partial charge on any atom is -0.463 e. The van der Waals surface area contributed by atoms with Crippen molar-refractivity contribution in [3.8, 4) is 0 Å². The van der Waals surface area contributed by atoms with E-state index in [4.69, 9.17) is 4.74 Å². The van der Waals surface area contributed by atoms with Crippen LogP contribution in [0, 0.1) is 5.82 Å². The summed E-state index contributed by atoms with van der Waals surface area (Å²) < 4.78 is 22.3. The Hall–Kier alpha value is -3.33. The van der Waals surface area contributed by atoms with E-state index in [1.165, 1.54) is 28.0 Å². The number of hydrogen-bond donors (Lipinski definition) is 0. The lowest BCUT2D eigenvalue weighted by atomic mass is 9.96. The summed E-state index contributed by atoms with van der Waals surface area (Å²) in [7, 11) is 1.79. The van der Waals surface area contributed by atoms with Crippen molar-refractivity contribution in [1.82, 2.24) is 14.3 Å². The summed E-state index contributed by atoms with van der Waals surface area (Å²) in [6.07, 6.45) is 5.19. The first-order valence-corrected chi connectivity index (χ1v) is 10.1. The molecule has 0 N–H and O–H groups in total. The largest absolute Gasteiger partial charge is 0.463 e. The highest BCUT2D eigenvalue weighted by Gasteiger charge is 2.33. The molecule has 0 bridgehead atoms. The molecule has 1 aliphatic heterocycles. The Labute approximate surface area is 175 Å². The molecule has 3 heterocycles. The Bertz CT molecular complexity index is 1330. The third-order valence-electron chi connectivity index (χ3n) is 4.73. The van der Waals surface area contributed by atoms with Crippen LogP contribution >= 0.6 is 11.3 Å². The van der Waals surface area contributed by atoms with Gasteiger partial charge < -0.3 is 4.74 Å². The van der Waals surface area contributed by atoms with Crippen molar-refractivity contribution in [2.24, 2.45) is 12.0 Å². The summed E-state index contributed by atoms with van der Waals surface area (Å²) in [5.41, 5.74) is 1.83. The summed E-state index contributed by atoms with van der Waals surface area (Å²) in [5, 5.41) is 4.12. The topological polar surface area (TPSA) is 78.5 Å². The first-order chi connectivity index (χ1) is 14.4. The van der Waals surface area contributed by atoms with Crippen LogP contribution in [0.15, 0.2) is 57.7 Å². The number of esters is 1. The van der Waals surface area contributed by atoms with Crippen LogP contribution < -0.4 is 14.9 Å². The van der Waals surface area contributed by atoms with Crippen molar-refractivity contribution in [2.45, 2.75) is 19.9 Å². The maximum absolute atomic E-state index is 13.5. The normalized spacial score (nSPS) is 16.4. The van der Waals surface area contributed by atoms with Gasteiger partial charge in [-0.05, 0) is 37.6 Å². The van der Waals surface area contributed by atoms with Gasteiger partial charge in [0.2, 0.25) is 0 Å². The van der Waals surface area contributed by atoms with E-state index in [0.29, 0.717) is 20.6 Å². The van der Waals surface area contributed by atoms with Gasteiger partial charge in [0.25, 0.3) is 5.56 Å². The number of hydrogen-bond acceptors (Lipinski definition) is 6. The molecular weight excluding hydrogens is 407 g/mol. The molecule has 0 saturated heterocycles. The number of carbonyl (C=O) groups excluding carboxylic acids is 1. The molecule has 0 saturated carbocycles. The highest BCUT2D eigenvalue weighted by atomic mass is 32.1. The first kappa shape index (κ1) is 20.0. The van der Waals surface area contributed by atoms with Crippen LogP contribution in [0.2, 0.25) is 0 Å². The van der Waals surface area contributed by atoms with Crippen molar-refractivity contribution in [2.75, 3.05) is 6.61 Å². The van der Waals surface area contributed by atoms with E-state index in [0.717, 1.165) is 5.56 Å². The number of thiazole rings is 1. The fourth-order valence-electron chi connectivity index (χ4n) is 3.42. The van der Waals surface area contributed by atoms with Crippen LogP contribution in [-0.2, 0) is 16.6 Å². The van der Waals surface area contributed by atoms with Gasteiger partial charge in [0.05, 0.1) is 34.6 Å². The van der Waals surface area contributed by atoms with Gasteiger partial charge in [-0.3, -0.25) is 14.0 Å². The Kier molecular flexibility index (Phi) is 5.21. The number of benzene rings is 1. The van der Waals surface area contributed by atoms with E-state index in [1.807, 2.05) is 0 Å². The van der Waals surface area contributed by atoms with Crippen LogP contribution in [0.1, 0.15) is 31.0 Å². The molecule has 2 aromatic heterocycles. The van der Waals surface area contributed by atoms with Crippen LogP contribution in [0.4, 0.5) is 4.39 Å². The quantitative estimate of drug-likeness (QED) is 0.595. The zero-order valence-electron chi connectivity index (χ0n) is 16.6. The summed E-state index contributed by atoms with van der Waals surface area (Å²) in [6, 6.07) is 4.99. The molecule has 0 spiro atoms. The number of aryl methyl sites for hydroxylation is 1. The molecule has 4 rings (SSSR count). The van der Waals surface area contributed by atoms with Gasteiger partial charge in [0.1, 0.15) is 5.82 Å². The maximum Gasteiger partial charge on any atom is 0.338 e. The van der Waals surface area contributed by atoms with Crippen LogP contribution in [0.5, 0.6) is 0 Å². The SMILES string of the molecule is CCOC(=O)C1=C(C)N=c2s/c(=C/c3cnn(C)c3)c(=O)n2[C@@H]1c1ccc(F)cc1. The number of nitrogens with zero attached hydrogens (tertiary/aromatic N) is 4. The lowest BCUT2D eigenvalue weighted by Crippen LogP contribution is -2.39. The third-order valence-corrected chi connectivity index (χ3v) is 5.71. The molecule has 154 valence electrons. The number of allylic oxidation sites excluding steroid dienone is 1. The fraction of sp³-hybridized carbons (Fsp3) is 0.238. The molecule has 1 aliphatic rings. The lowest BCUT2D eigenvalue weighted by molar-refractivity contribution is -0.139. The van der Waals surface area contributed by atoms with Gasteiger partial charge in [-0.1, -0.05) is 23.5 Å². The van der Waals surface area contributed by atoms with Gasteiger partial charge >= 0.3 is 5.97 Å². The van der Waals surface area contributed by atoms with Crippen LogP contribution in [0.25, 0.3) is 6.08 Å². The van der Waals surface area contributed by atoms with Crippen LogP contribution in [-0.4, -0.2) is 26.9 Å². The second kappa shape index (κ2) is 7.83. The van der Waals surface area contributed by atoms with Gasteiger partial charge in [-0.15, -0.1) is 0 Å². The molecular formula is C21H19FN4O3S. The molecule has 0 fully saturated rings. The highest BCUT2D eigenvalue weighted by molar-refractivity contribution is 7.07. The van der Waals surface area contributed by atoms with Crippen molar-refractivity contribution < 1.29 is 13.9 Å². The van der Waals surface area contributed by atoms with E-state index in [2.05, 4.69) is 10.1 Å². The standard InChI is InChI=1S/C21H19FN4O3S/c1-4-29-20(28)17-12(2)24-21-26(18(17)14-5-7-15(22)8-6-14)19(27)16(30-21)9-13-10-23-25(3)11-13/h5-11,18H,4H2,1-3H3/b16-9+/t18-/m1/s1. The zero-order valence-corrected chi connectivity index (χ0v) is 17.4. The first-order valence-electron chi connectivity index (χ1n) is 9.33. The summed E-state index contributed by atoms with van der Waals surface area (Å²) in [5.74, 6) is -0.948. The average Bonchev–Trinajstić information content (AvgIpc) is 3.24. The number of ether oxygens (including phenoxy) is 1. The minimum atomic E-state index is -0.753. The number of carbonyl (C=O) groups is 1. The van der Waals surface area contributed by atoms with E-state index in [-0.39, 0.29) is 17.7 Å². The zero-order chi connectivity index (χ0) is 21.4. The molecule has 7 nitrogen and oxygen atoms in total. The Morgan fingerprint density at radius 1 is 1.33 bits per heavy atom. The molecule has 0 amide bonds. The molecule has 1 aromatic carbocycles. The molecule has 30 heavy (non-hydrogen) atoms. The third kappa shape index (κ3) is 3.52. The molecule has 0 aliphatic carbocycles. The molecule has 1 atom stereocenters. The number of fused-ring (bicyclic) bond motifs is 1. The smallest absolute Gasteiger partial charge is 0.338 e. The number of halogens is 1. The summed E-state index contributed by atoms with van der Waals surface area (Å²) in [4.78, 5) is 31.0. The van der Waals surface area contributed by atoms with E-state index < -0.39 is 17.8 Å². The Balaban J connectivity index is 1.96. The highest BCUT2D eigenvalue weighted by Crippen LogP contribution is 2.30. The average molecular weight is 426 g/mol. The number of rotatable bonds is 4. The van der Waals surface area contributed by atoms with Crippen molar-refractivity contribution >= 4 is 23.4 Å². The van der Waals surface area contributed by atoms with Gasteiger partial charge in [0, 0.05) is 18.8 Å². The summed E-state index contributed by atoms with van der Waals surface area (Å²) in [6.45, 7) is 3.61. The van der Waals surface area contributed by atoms with E-state index >= 15 is 0 Å². The van der Waals surface area contributed by atoms with Gasteiger partial charge in [-0.25, -0.2) is 14.2 Å². The predicted octanol–water partition coefficient (Wildman–Crippen LogP) is 1.67. The van der Waals surface area contributed by atoms with E-state index in [1.54, 1.807) is 56.2 Å². The lowest BCUT2D eigenvalue weighted by Gasteiger charge is -2.24. The predicted molar refractivity (Wildman–Crippen MR) is 110 cm³/mol. The molecule has 0 radical (unpaired) electrons. The Morgan fingerprint density at radius 3 is 2.70 bits per heavy atom. The Morgan fingerprint density at radius 2 is 2.07 bits per heavy atom. The van der Waals surface area contributed by atoms with Crippen molar-refractivity contribution in [3.63, 3.8) is 0 Å². The minimum absolute atomic E-state index is 0.192. The van der Waals surface area contributed by atoms with Gasteiger partial charge in [0.15, 0.2) is 4.80 Å². The van der Waals surface area contributed by atoms with E-state index in [9.17, 15) is 14.0 Å². The van der Waals surface area contributed by atoms with Gasteiger partial charge in [-0.2, -0.15) is 5.10 Å². The molecule has 0 unspecified atom stereocenters. The van der Waals surface area contributed by atoms with Crippen molar-refractivity contribution in [1.29, 1.82) is 0 Å².